The first-order chi connectivity index (χ1) is 13.2. The molecule has 0 saturated heterocycles. The van der Waals surface area contributed by atoms with E-state index in [1.54, 1.807) is 30.0 Å². The van der Waals surface area contributed by atoms with E-state index in [1.165, 1.54) is 16.4 Å². The predicted octanol–water partition coefficient (Wildman–Crippen LogP) is 1.83. The number of thioether (sulfide) groups is 1. The Kier molecular flexibility index (Phi) is 4.55. The molecule has 4 rings (SSSR count). The molecule has 0 bridgehead atoms. The van der Waals surface area contributed by atoms with Crippen LogP contribution < -0.4 is 10.3 Å². The van der Waals surface area contributed by atoms with E-state index in [2.05, 4.69) is 25.8 Å². The molecule has 0 N–H and O–H groups in total. The molecule has 136 valence electrons. The van der Waals surface area contributed by atoms with Crippen LogP contribution in [-0.4, -0.2) is 42.3 Å². The second kappa shape index (κ2) is 7.16. The Bertz CT molecular complexity index is 1170. The Balaban J connectivity index is 1.65. The molecule has 0 amide bonds. The highest BCUT2D eigenvalue weighted by Gasteiger charge is 2.15. The van der Waals surface area contributed by atoms with E-state index >= 15 is 0 Å². The third-order valence-electron chi connectivity index (χ3n) is 3.95. The first-order valence-electron chi connectivity index (χ1n) is 8.06. The van der Waals surface area contributed by atoms with Crippen molar-refractivity contribution >= 4 is 22.7 Å². The summed E-state index contributed by atoms with van der Waals surface area (Å²) in [7, 11) is 1.59. The van der Waals surface area contributed by atoms with Crippen LogP contribution in [0.5, 0.6) is 5.75 Å². The molecule has 0 aliphatic rings. The number of fused-ring (bicyclic) bond motifs is 1. The maximum Gasteiger partial charge on any atom is 0.278 e. The van der Waals surface area contributed by atoms with Crippen molar-refractivity contribution in [3.8, 4) is 11.4 Å². The van der Waals surface area contributed by atoms with E-state index in [4.69, 9.17) is 4.74 Å². The van der Waals surface area contributed by atoms with Crippen LogP contribution in [0.15, 0.2) is 52.4 Å². The lowest BCUT2D eigenvalue weighted by Crippen LogP contribution is -2.23. The van der Waals surface area contributed by atoms with Crippen LogP contribution in [0.4, 0.5) is 0 Å². The molecule has 0 spiro atoms. The lowest BCUT2D eigenvalue weighted by Gasteiger charge is -2.10. The average Bonchev–Trinajstić information content (AvgIpc) is 3.16. The summed E-state index contributed by atoms with van der Waals surface area (Å²) in [5.74, 6) is 0.878. The molecule has 2 heterocycles. The van der Waals surface area contributed by atoms with Crippen molar-refractivity contribution in [2.24, 2.45) is 0 Å². The molecule has 0 fully saturated rings. The van der Waals surface area contributed by atoms with Crippen LogP contribution in [0.1, 0.15) is 5.56 Å². The van der Waals surface area contributed by atoms with Crippen LogP contribution >= 0.6 is 11.8 Å². The van der Waals surface area contributed by atoms with Gasteiger partial charge in [0, 0.05) is 0 Å². The van der Waals surface area contributed by atoms with Gasteiger partial charge in [-0.05, 0) is 47.2 Å². The first-order valence-corrected chi connectivity index (χ1v) is 9.04. The van der Waals surface area contributed by atoms with Gasteiger partial charge >= 0.3 is 0 Å². The maximum atomic E-state index is 12.6. The van der Waals surface area contributed by atoms with Crippen molar-refractivity contribution in [2.75, 3.05) is 7.11 Å². The highest BCUT2D eigenvalue weighted by atomic mass is 32.2. The van der Waals surface area contributed by atoms with E-state index < -0.39 is 0 Å². The van der Waals surface area contributed by atoms with E-state index in [-0.39, 0.29) is 11.4 Å². The first kappa shape index (κ1) is 17.2. The number of hydrogen-bond donors (Lipinski definition) is 0. The van der Waals surface area contributed by atoms with Crippen LogP contribution in [0, 0.1) is 6.92 Å². The minimum absolute atomic E-state index is 0.208. The fourth-order valence-corrected chi connectivity index (χ4v) is 3.37. The molecule has 0 atom stereocenters. The third kappa shape index (κ3) is 3.26. The zero-order chi connectivity index (χ0) is 18.8. The number of aryl methyl sites for hydroxylation is 1. The number of ether oxygens (including phenoxy) is 1. The van der Waals surface area contributed by atoms with E-state index in [0.29, 0.717) is 21.8 Å². The molecule has 2 aromatic heterocycles. The fourth-order valence-electron chi connectivity index (χ4n) is 2.61. The molecule has 10 heteroatoms. The van der Waals surface area contributed by atoms with Gasteiger partial charge in [-0.25, -0.2) is 0 Å². The quantitative estimate of drug-likeness (QED) is 0.483. The smallest absolute Gasteiger partial charge is 0.278 e. The summed E-state index contributed by atoms with van der Waals surface area (Å²) < 4.78 is 8.28. The van der Waals surface area contributed by atoms with Crippen LogP contribution in [0.2, 0.25) is 0 Å². The van der Waals surface area contributed by atoms with Gasteiger partial charge in [0.1, 0.15) is 17.0 Å². The summed E-state index contributed by atoms with van der Waals surface area (Å²) in [6, 6.07) is 12.8. The molecule has 4 aromatic rings. The topological polar surface area (TPSA) is 101 Å². The van der Waals surface area contributed by atoms with Gasteiger partial charge < -0.3 is 4.74 Å². The standard InChI is InChI=1S/C17H15N7O2S/c1-11-7-8-15(26-2)14(9-11)24-17(19-20-22-24)27-10-23-16(25)12-5-3-4-6-13(12)18-21-23/h3-9H,10H2,1-2H3. The number of hydrogen-bond acceptors (Lipinski definition) is 8. The molecule has 0 radical (unpaired) electrons. The van der Waals surface area contributed by atoms with Crippen molar-refractivity contribution < 1.29 is 4.74 Å². The minimum Gasteiger partial charge on any atom is -0.494 e. The summed E-state index contributed by atoms with van der Waals surface area (Å²) in [5, 5.41) is 21.0. The predicted molar refractivity (Wildman–Crippen MR) is 100 cm³/mol. The highest BCUT2D eigenvalue weighted by molar-refractivity contribution is 7.98. The Labute approximate surface area is 158 Å². The Morgan fingerprint density at radius 1 is 1.11 bits per heavy atom. The second-order valence-corrected chi connectivity index (χ2v) is 6.65. The number of rotatable bonds is 5. The van der Waals surface area contributed by atoms with Crippen molar-refractivity contribution in [2.45, 2.75) is 18.0 Å². The average molecular weight is 381 g/mol. The number of nitrogens with zero attached hydrogens (tertiary/aromatic N) is 7. The van der Waals surface area contributed by atoms with Crippen LogP contribution in [0.25, 0.3) is 16.6 Å². The van der Waals surface area contributed by atoms with Crippen LogP contribution in [0.3, 0.4) is 0 Å². The molecule has 0 unspecified atom stereocenters. The van der Waals surface area contributed by atoms with Gasteiger partial charge in [0.05, 0.1) is 18.4 Å². The molecule has 2 aromatic carbocycles. The normalized spacial score (nSPS) is 11.0. The van der Waals surface area contributed by atoms with Gasteiger partial charge in [0.2, 0.25) is 5.16 Å². The zero-order valence-electron chi connectivity index (χ0n) is 14.6. The molecular formula is C17H15N7O2S. The number of aromatic nitrogens is 7. The van der Waals surface area contributed by atoms with Gasteiger partial charge in [-0.2, -0.15) is 9.36 Å². The molecule has 0 aliphatic heterocycles. The van der Waals surface area contributed by atoms with Crippen LogP contribution in [-0.2, 0) is 5.88 Å². The summed E-state index contributed by atoms with van der Waals surface area (Å²) in [4.78, 5) is 12.6. The Hall–Kier alpha value is -3.27. The van der Waals surface area contributed by atoms with Crippen molar-refractivity contribution in [1.29, 1.82) is 0 Å². The zero-order valence-corrected chi connectivity index (χ0v) is 15.4. The van der Waals surface area contributed by atoms with Gasteiger partial charge in [-0.3, -0.25) is 4.79 Å². The largest absolute Gasteiger partial charge is 0.494 e. The SMILES string of the molecule is COc1ccc(C)cc1-n1nnnc1SCn1nnc2ccccc2c1=O. The van der Waals surface area contributed by atoms with Crippen molar-refractivity contribution in [3.05, 3.63) is 58.4 Å². The van der Waals surface area contributed by atoms with Gasteiger partial charge in [0.25, 0.3) is 5.56 Å². The van der Waals surface area contributed by atoms with Gasteiger partial charge in [0.15, 0.2) is 0 Å². The number of methoxy groups -OCH3 is 1. The summed E-state index contributed by atoms with van der Waals surface area (Å²) in [6.07, 6.45) is 0. The monoisotopic (exact) mass is 381 g/mol. The Morgan fingerprint density at radius 3 is 2.81 bits per heavy atom. The summed E-state index contributed by atoms with van der Waals surface area (Å²) >= 11 is 1.28. The third-order valence-corrected chi connectivity index (χ3v) is 4.84. The molecule has 0 aliphatic carbocycles. The van der Waals surface area contributed by atoms with Gasteiger partial charge in [-0.15, -0.1) is 10.2 Å². The highest BCUT2D eigenvalue weighted by Crippen LogP contribution is 2.27. The molecular weight excluding hydrogens is 366 g/mol. The lowest BCUT2D eigenvalue weighted by atomic mass is 10.2. The minimum atomic E-state index is -0.208. The summed E-state index contributed by atoms with van der Waals surface area (Å²) in [5.41, 5.74) is 2.13. The molecule has 0 saturated carbocycles. The van der Waals surface area contributed by atoms with Crippen molar-refractivity contribution in [1.82, 2.24) is 35.2 Å². The molecule has 27 heavy (non-hydrogen) atoms. The van der Waals surface area contributed by atoms with E-state index in [9.17, 15) is 4.79 Å². The lowest BCUT2D eigenvalue weighted by molar-refractivity contribution is 0.410. The van der Waals surface area contributed by atoms with Gasteiger partial charge in [-0.1, -0.05) is 35.2 Å². The number of tetrazole rings is 1. The van der Waals surface area contributed by atoms with E-state index in [1.807, 2.05) is 31.2 Å². The molecule has 9 nitrogen and oxygen atoms in total. The number of benzene rings is 2. The second-order valence-electron chi connectivity index (χ2n) is 5.73. The summed E-state index contributed by atoms with van der Waals surface area (Å²) in [6.45, 7) is 1.98. The van der Waals surface area contributed by atoms with Crippen molar-refractivity contribution in [3.63, 3.8) is 0 Å². The maximum absolute atomic E-state index is 12.6. The Morgan fingerprint density at radius 2 is 1.96 bits per heavy atom. The van der Waals surface area contributed by atoms with E-state index in [0.717, 1.165) is 11.3 Å². The fraction of sp³-hybridized carbons (Fsp3) is 0.176.